The Morgan fingerprint density at radius 1 is 1.11 bits per heavy atom. The van der Waals surface area contributed by atoms with Crippen LogP contribution in [0.5, 0.6) is 0 Å². The van der Waals surface area contributed by atoms with E-state index in [2.05, 4.69) is 9.97 Å². The number of hydrogen-bond donors (Lipinski definition) is 2. The first-order chi connectivity index (χ1) is 8.65. The van der Waals surface area contributed by atoms with Gasteiger partial charge in [-0.1, -0.05) is 36.0 Å². The van der Waals surface area contributed by atoms with Gasteiger partial charge in [0.15, 0.2) is 5.16 Å². The zero-order chi connectivity index (χ0) is 13.0. The number of aryl methyl sites for hydroxylation is 1. The van der Waals surface area contributed by atoms with Gasteiger partial charge in [-0.3, -0.25) is 0 Å². The molecule has 0 radical (unpaired) electrons. The molecule has 92 valence electrons. The van der Waals surface area contributed by atoms with Gasteiger partial charge in [0.1, 0.15) is 0 Å². The van der Waals surface area contributed by atoms with Gasteiger partial charge in [-0.25, -0.2) is 9.97 Å². The van der Waals surface area contributed by atoms with E-state index in [1.165, 1.54) is 0 Å². The molecule has 0 fully saturated rings. The molecule has 1 heterocycles. The Labute approximate surface area is 110 Å². The molecule has 0 bridgehead atoms. The van der Waals surface area contributed by atoms with Crippen molar-refractivity contribution in [2.45, 2.75) is 17.8 Å². The van der Waals surface area contributed by atoms with Crippen LogP contribution in [0.4, 0.5) is 0 Å². The van der Waals surface area contributed by atoms with Gasteiger partial charge in [0, 0.05) is 18.1 Å². The lowest BCUT2D eigenvalue weighted by Gasteiger charge is -2.03. The van der Waals surface area contributed by atoms with E-state index in [1.54, 1.807) is 36.3 Å². The molecule has 6 heteroatoms. The largest absolute Gasteiger partial charge is 0.488 e. The van der Waals surface area contributed by atoms with Gasteiger partial charge in [0.25, 0.3) is 0 Å². The number of aromatic nitrogens is 2. The summed E-state index contributed by atoms with van der Waals surface area (Å²) in [6.45, 7) is 1.95. The van der Waals surface area contributed by atoms with Gasteiger partial charge in [0.2, 0.25) is 0 Å². The van der Waals surface area contributed by atoms with E-state index in [4.69, 9.17) is 10.0 Å². The molecule has 1 aromatic heterocycles. The molecule has 0 atom stereocenters. The summed E-state index contributed by atoms with van der Waals surface area (Å²) in [6, 6.07) is 7.15. The summed E-state index contributed by atoms with van der Waals surface area (Å²) in [5.74, 6) is 0.755. The number of rotatable bonds is 4. The molecular formula is C12H13BN2O2S. The molecule has 2 aromatic rings. The second-order valence-electron chi connectivity index (χ2n) is 3.95. The van der Waals surface area contributed by atoms with Crippen LogP contribution in [0.2, 0.25) is 0 Å². The molecule has 0 amide bonds. The van der Waals surface area contributed by atoms with Crippen molar-refractivity contribution in [3.63, 3.8) is 0 Å². The summed E-state index contributed by atoms with van der Waals surface area (Å²) in [7, 11) is -1.41. The fourth-order valence-electron chi connectivity index (χ4n) is 1.39. The lowest BCUT2D eigenvalue weighted by Crippen LogP contribution is -2.29. The predicted molar refractivity (Wildman–Crippen MR) is 72.6 cm³/mol. The lowest BCUT2D eigenvalue weighted by molar-refractivity contribution is 0.426. The Kier molecular flexibility index (Phi) is 4.35. The van der Waals surface area contributed by atoms with E-state index < -0.39 is 7.12 Å². The first kappa shape index (κ1) is 13.1. The van der Waals surface area contributed by atoms with Crippen molar-refractivity contribution in [3.05, 3.63) is 47.8 Å². The highest BCUT2D eigenvalue weighted by Crippen LogP contribution is 2.18. The fraction of sp³-hybridized carbons (Fsp3) is 0.167. The van der Waals surface area contributed by atoms with Crippen LogP contribution in [-0.4, -0.2) is 27.1 Å². The van der Waals surface area contributed by atoms with Crippen LogP contribution >= 0.6 is 11.8 Å². The molecule has 0 aliphatic carbocycles. The molecule has 4 nitrogen and oxygen atoms in total. The minimum absolute atomic E-state index is 0.496. The maximum Gasteiger partial charge on any atom is 0.488 e. The lowest BCUT2D eigenvalue weighted by atomic mass is 9.80. The number of benzene rings is 1. The zero-order valence-electron chi connectivity index (χ0n) is 9.95. The van der Waals surface area contributed by atoms with Gasteiger partial charge in [-0.2, -0.15) is 0 Å². The number of nitrogens with zero attached hydrogens (tertiary/aromatic N) is 2. The third-order valence-electron chi connectivity index (χ3n) is 2.40. The number of thioether (sulfide) groups is 1. The molecule has 0 unspecified atom stereocenters. The van der Waals surface area contributed by atoms with E-state index in [0.29, 0.717) is 5.46 Å². The molecule has 0 aliphatic heterocycles. The summed E-state index contributed by atoms with van der Waals surface area (Å²) in [6.07, 6.45) is 3.58. The van der Waals surface area contributed by atoms with Crippen molar-refractivity contribution in [2.75, 3.05) is 0 Å². The van der Waals surface area contributed by atoms with Crippen LogP contribution in [0.25, 0.3) is 0 Å². The highest BCUT2D eigenvalue weighted by atomic mass is 32.2. The Morgan fingerprint density at radius 3 is 2.28 bits per heavy atom. The quantitative estimate of drug-likeness (QED) is 0.482. The average molecular weight is 260 g/mol. The van der Waals surface area contributed by atoms with E-state index in [-0.39, 0.29) is 0 Å². The van der Waals surface area contributed by atoms with Crippen molar-refractivity contribution in [1.82, 2.24) is 9.97 Å². The molecule has 18 heavy (non-hydrogen) atoms. The molecule has 0 saturated heterocycles. The maximum atomic E-state index is 8.98. The van der Waals surface area contributed by atoms with E-state index in [9.17, 15) is 0 Å². The minimum atomic E-state index is -1.41. The van der Waals surface area contributed by atoms with E-state index >= 15 is 0 Å². The molecule has 0 aliphatic rings. The van der Waals surface area contributed by atoms with Gasteiger partial charge in [-0.05, 0) is 23.5 Å². The summed E-state index contributed by atoms with van der Waals surface area (Å²) in [4.78, 5) is 8.42. The average Bonchev–Trinajstić information content (AvgIpc) is 2.38. The fourth-order valence-corrected chi connectivity index (χ4v) is 2.13. The highest BCUT2D eigenvalue weighted by Gasteiger charge is 2.09. The van der Waals surface area contributed by atoms with Crippen LogP contribution < -0.4 is 5.46 Å². The standard InChI is InChI=1S/C12H13BN2O2S/c1-9-6-14-12(15-7-9)18-8-10-2-4-11(5-3-10)13(16)17/h2-7,16-17H,8H2,1H3. The minimum Gasteiger partial charge on any atom is -0.423 e. The molecule has 1 aromatic carbocycles. The highest BCUT2D eigenvalue weighted by molar-refractivity contribution is 7.98. The topological polar surface area (TPSA) is 66.2 Å². The molecule has 2 N–H and O–H groups in total. The van der Waals surface area contributed by atoms with E-state index in [0.717, 1.165) is 22.0 Å². The van der Waals surface area contributed by atoms with Crippen LogP contribution in [0, 0.1) is 6.92 Å². The van der Waals surface area contributed by atoms with Crippen molar-refractivity contribution in [1.29, 1.82) is 0 Å². The van der Waals surface area contributed by atoms with Gasteiger partial charge in [-0.15, -0.1) is 0 Å². The summed E-state index contributed by atoms with van der Waals surface area (Å²) < 4.78 is 0. The number of hydrogen-bond acceptors (Lipinski definition) is 5. The zero-order valence-corrected chi connectivity index (χ0v) is 10.8. The molecule has 2 rings (SSSR count). The Balaban J connectivity index is 1.95. The summed E-state index contributed by atoms with van der Waals surface area (Å²) >= 11 is 1.55. The molecule has 0 spiro atoms. The third kappa shape index (κ3) is 3.56. The summed E-state index contributed by atoms with van der Waals surface area (Å²) in [5.41, 5.74) is 2.63. The maximum absolute atomic E-state index is 8.98. The first-order valence-electron chi connectivity index (χ1n) is 5.51. The Hall–Kier alpha value is -1.37. The van der Waals surface area contributed by atoms with Gasteiger partial charge in [0.05, 0.1) is 0 Å². The van der Waals surface area contributed by atoms with Crippen LogP contribution in [0.3, 0.4) is 0 Å². The van der Waals surface area contributed by atoms with Crippen molar-refractivity contribution >= 4 is 24.3 Å². The first-order valence-corrected chi connectivity index (χ1v) is 6.50. The van der Waals surface area contributed by atoms with Crippen molar-refractivity contribution in [3.8, 4) is 0 Å². The van der Waals surface area contributed by atoms with Crippen molar-refractivity contribution in [2.24, 2.45) is 0 Å². The predicted octanol–water partition coefficient (Wildman–Crippen LogP) is 0.757. The normalized spacial score (nSPS) is 10.4. The van der Waals surface area contributed by atoms with Crippen LogP contribution in [0.1, 0.15) is 11.1 Å². The third-order valence-corrected chi connectivity index (χ3v) is 3.35. The van der Waals surface area contributed by atoms with Crippen molar-refractivity contribution < 1.29 is 10.0 Å². The molecular weight excluding hydrogens is 247 g/mol. The smallest absolute Gasteiger partial charge is 0.423 e. The monoisotopic (exact) mass is 260 g/mol. The van der Waals surface area contributed by atoms with E-state index in [1.807, 2.05) is 19.1 Å². The van der Waals surface area contributed by atoms with Gasteiger partial charge >= 0.3 is 7.12 Å². The second-order valence-corrected chi connectivity index (χ2v) is 4.89. The SMILES string of the molecule is Cc1cnc(SCc2ccc(B(O)O)cc2)nc1. The Morgan fingerprint density at radius 2 is 1.72 bits per heavy atom. The van der Waals surface area contributed by atoms with Crippen LogP contribution in [-0.2, 0) is 5.75 Å². The van der Waals surface area contributed by atoms with Gasteiger partial charge < -0.3 is 10.0 Å². The van der Waals surface area contributed by atoms with Crippen LogP contribution in [0.15, 0.2) is 41.8 Å². The molecule has 0 saturated carbocycles. The summed E-state index contributed by atoms with van der Waals surface area (Å²) in [5, 5.41) is 18.7. The second kappa shape index (κ2) is 5.99. The Bertz CT molecular complexity index is 502.